The number of methoxy groups -OCH3 is 1. The Balaban J connectivity index is 1.30. The second kappa shape index (κ2) is 11.0. The van der Waals surface area contributed by atoms with E-state index in [0.717, 1.165) is 66.3 Å². The lowest BCUT2D eigenvalue weighted by Gasteiger charge is -2.36. The molecule has 0 radical (unpaired) electrons. The van der Waals surface area contributed by atoms with Gasteiger partial charge < -0.3 is 19.3 Å². The SMILES string of the molecule is COc1ccc2nccc(CCC[C@@H]3CCN(CCSc4nccn4C)C[C@@H]3C(=O)O)c2c1. The number of likely N-dealkylation sites (tertiary alicyclic amines) is 1. The van der Waals surface area contributed by atoms with Crippen molar-refractivity contribution in [2.45, 2.75) is 30.8 Å². The van der Waals surface area contributed by atoms with Crippen LogP contribution in [0.2, 0.25) is 0 Å². The molecule has 7 nitrogen and oxygen atoms in total. The topological polar surface area (TPSA) is 80.5 Å². The van der Waals surface area contributed by atoms with Crippen molar-refractivity contribution < 1.29 is 14.6 Å². The Kier molecular flexibility index (Phi) is 7.88. The highest BCUT2D eigenvalue weighted by molar-refractivity contribution is 7.99. The Morgan fingerprint density at radius 2 is 2.15 bits per heavy atom. The number of rotatable bonds is 10. The molecule has 2 aromatic heterocycles. The van der Waals surface area contributed by atoms with Gasteiger partial charge in [0, 0.05) is 49.9 Å². The van der Waals surface area contributed by atoms with Crippen LogP contribution >= 0.6 is 11.8 Å². The molecular formula is C25H32N4O3S. The number of carbonyl (C=O) groups is 1. The van der Waals surface area contributed by atoms with Crippen LogP contribution in [-0.2, 0) is 18.3 Å². The summed E-state index contributed by atoms with van der Waals surface area (Å²) in [4.78, 5) is 23.1. The van der Waals surface area contributed by atoms with E-state index in [2.05, 4.69) is 20.9 Å². The fourth-order valence-electron chi connectivity index (χ4n) is 4.74. The Hall–Kier alpha value is -2.58. The van der Waals surface area contributed by atoms with Crippen molar-refractivity contribution in [2.75, 3.05) is 32.5 Å². The van der Waals surface area contributed by atoms with Crippen molar-refractivity contribution >= 4 is 28.6 Å². The van der Waals surface area contributed by atoms with Crippen molar-refractivity contribution in [3.8, 4) is 5.75 Å². The maximum Gasteiger partial charge on any atom is 0.308 e. The van der Waals surface area contributed by atoms with E-state index in [9.17, 15) is 9.90 Å². The van der Waals surface area contributed by atoms with E-state index in [4.69, 9.17) is 4.74 Å². The highest BCUT2D eigenvalue weighted by atomic mass is 32.2. The standard InChI is InChI=1S/C25H32N4O3S/c1-28-13-11-27-25(28)33-15-14-29-12-9-19(22(17-29)24(30)31)5-3-4-18-8-10-26-23-7-6-20(32-2)16-21(18)23/h6-8,10-11,13,16,19,22H,3-5,9,12,14-15,17H2,1-2H3,(H,30,31)/t19-,22+/m1/s1. The Bertz CT molecular complexity index is 1090. The zero-order chi connectivity index (χ0) is 23.2. The highest BCUT2D eigenvalue weighted by Crippen LogP contribution is 2.30. The number of aliphatic carboxylic acids is 1. The third-order valence-corrected chi connectivity index (χ3v) is 7.67. The number of nitrogens with zero attached hydrogens (tertiary/aromatic N) is 4. The summed E-state index contributed by atoms with van der Waals surface area (Å²) in [7, 11) is 3.67. The molecule has 1 aromatic carbocycles. The molecule has 3 aromatic rings. The van der Waals surface area contributed by atoms with Crippen LogP contribution in [0.15, 0.2) is 48.0 Å². The molecule has 1 fully saturated rings. The van der Waals surface area contributed by atoms with Gasteiger partial charge in [0.15, 0.2) is 5.16 Å². The van der Waals surface area contributed by atoms with Crippen molar-refractivity contribution in [1.29, 1.82) is 0 Å². The number of benzene rings is 1. The number of fused-ring (bicyclic) bond motifs is 1. The summed E-state index contributed by atoms with van der Waals surface area (Å²) in [6, 6.07) is 8.02. The first-order chi connectivity index (χ1) is 16.0. The van der Waals surface area contributed by atoms with Crippen LogP contribution in [0.25, 0.3) is 10.9 Å². The second-order valence-corrected chi connectivity index (χ2v) is 9.77. The monoisotopic (exact) mass is 468 g/mol. The average molecular weight is 469 g/mol. The van der Waals surface area contributed by atoms with Crippen molar-refractivity contribution in [2.24, 2.45) is 18.9 Å². The molecule has 176 valence electrons. The summed E-state index contributed by atoms with van der Waals surface area (Å²) < 4.78 is 7.39. The summed E-state index contributed by atoms with van der Waals surface area (Å²) in [5.41, 5.74) is 2.21. The van der Waals surface area contributed by atoms with Crippen LogP contribution in [-0.4, -0.2) is 63.0 Å². The van der Waals surface area contributed by atoms with Crippen LogP contribution < -0.4 is 4.74 Å². The minimum Gasteiger partial charge on any atom is -0.497 e. The zero-order valence-corrected chi connectivity index (χ0v) is 20.1. The van der Waals surface area contributed by atoms with Gasteiger partial charge in [-0.3, -0.25) is 9.78 Å². The van der Waals surface area contributed by atoms with Gasteiger partial charge in [-0.2, -0.15) is 0 Å². The number of carboxylic acid groups (broad SMARTS) is 1. The van der Waals surface area contributed by atoms with Crippen molar-refractivity contribution in [3.05, 3.63) is 48.4 Å². The fraction of sp³-hybridized carbons (Fsp3) is 0.480. The normalized spacial score (nSPS) is 19.1. The smallest absolute Gasteiger partial charge is 0.308 e. The first-order valence-electron chi connectivity index (χ1n) is 11.5. The highest BCUT2D eigenvalue weighted by Gasteiger charge is 2.33. The molecule has 3 heterocycles. The largest absolute Gasteiger partial charge is 0.497 e. The third kappa shape index (κ3) is 5.86. The molecule has 0 spiro atoms. The number of thioether (sulfide) groups is 1. The van der Waals surface area contributed by atoms with Gasteiger partial charge in [-0.05, 0) is 68.0 Å². The second-order valence-electron chi connectivity index (χ2n) is 8.71. The molecule has 1 aliphatic heterocycles. The minimum atomic E-state index is -0.666. The number of hydrogen-bond acceptors (Lipinski definition) is 6. The van der Waals surface area contributed by atoms with Gasteiger partial charge >= 0.3 is 5.97 Å². The molecule has 33 heavy (non-hydrogen) atoms. The van der Waals surface area contributed by atoms with Crippen LogP contribution in [0.5, 0.6) is 5.75 Å². The first kappa shape index (κ1) is 23.6. The molecule has 4 rings (SSSR count). The molecule has 0 bridgehead atoms. The lowest BCUT2D eigenvalue weighted by molar-refractivity contribution is -0.146. The number of hydrogen-bond donors (Lipinski definition) is 1. The van der Waals surface area contributed by atoms with Gasteiger partial charge in [0.1, 0.15) is 5.75 Å². The van der Waals surface area contributed by atoms with Gasteiger partial charge in [-0.25, -0.2) is 4.98 Å². The number of pyridine rings is 1. The van der Waals surface area contributed by atoms with Gasteiger partial charge in [0.25, 0.3) is 0 Å². The summed E-state index contributed by atoms with van der Waals surface area (Å²) in [5, 5.41) is 12.0. The number of carboxylic acids is 1. The van der Waals surface area contributed by atoms with Gasteiger partial charge in [0.2, 0.25) is 0 Å². The summed E-state index contributed by atoms with van der Waals surface area (Å²) >= 11 is 1.72. The molecule has 0 amide bonds. The van der Waals surface area contributed by atoms with E-state index in [1.165, 1.54) is 5.56 Å². The fourth-order valence-corrected chi connectivity index (χ4v) is 5.67. The first-order valence-corrected chi connectivity index (χ1v) is 12.5. The van der Waals surface area contributed by atoms with Crippen molar-refractivity contribution in [3.63, 3.8) is 0 Å². The summed E-state index contributed by atoms with van der Waals surface area (Å²) in [6.45, 7) is 2.49. The van der Waals surface area contributed by atoms with Crippen LogP contribution in [0, 0.1) is 11.8 Å². The molecule has 1 saturated heterocycles. The Morgan fingerprint density at radius 1 is 1.27 bits per heavy atom. The molecular weight excluding hydrogens is 436 g/mol. The van der Waals surface area contributed by atoms with E-state index in [1.54, 1.807) is 25.1 Å². The van der Waals surface area contributed by atoms with E-state index >= 15 is 0 Å². The van der Waals surface area contributed by atoms with Crippen LogP contribution in [0.4, 0.5) is 0 Å². The molecule has 8 heteroatoms. The van der Waals surface area contributed by atoms with E-state index < -0.39 is 5.97 Å². The number of aryl methyl sites for hydroxylation is 2. The zero-order valence-electron chi connectivity index (χ0n) is 19.3. The molecule has 1 aliphatic rings. The molecule has 2 atom stereocenters. The van der Waals surface area contributed by atoms with Crippen molar-refractivity contribution in [1.82, 2.24) is 19.4 Å². The van der Waals surface area contributed by atoms with Crippen LogP contribution in [0.3, 0.4) is 0 Å². The Morgan fingerprint density at radius 3 is 2.91 bits per heavy atom. The maximum absolute atomic E-state index is 12.0. The van der Waals surface area contributed by atoms with Gasteiger partial charge in [-0.15, -0.1) is 0 Å². The molecule has 1 N–H and O–H groups in total. The number of aromatic nitrogens is 3. The Labute approximate surface area is 199 Å². The minimum absolute atomic E-state index is 0.226. The number of imidazole rings is 1. The van der Waals surface area contributed by atoms with E-state index in [-0.39, 0.29) is 11.8 Å². The van der Waals surface area contributed by atoms with Gasteiger partial charge in [0.05, 0.1) is 18.5 Å². The summed E-state index contributed by atoms with van der Waals surface area (Å²) in [5.74, 6) is 1.01. The predicted octanol–water partition coefficient (Wildman–Crippen LogP) is 4.11. The molecule has 0 unspecified atom stereocenters. The number of piperidine rings is 1. The van der Waals surface area contributed by atoms with E-state index in [0.29, 0.717) is 6.54 Å². The molecule has 0 saturated carbocycles. The molecule has 0 aliphatic carbocycles. The predicted molar refractivity (Wildman–Crippen MR) is 131 cm³/mol. The summed E-state index contributed by atoms with van der Waals surface area (Å²) in [6.07, 6.45) is 9.36. The quantitative estimate of drug-likeness (QED) is 0.449. The van der Waals surface area contributed by atoms with Gasteiger partial charge in [-0.1, -0.05) is 11.8 Å². The lowest BCUT2D eigenvalue weighted by atomic mass is 9.81. The van der Waals surface area contributed by atoms with E-state index in [1.807, 2.05) is 42.2 Å². The number of ether oxygens (including phenoxy) is 1. The average Bonchev–Trinajstić information content (AvgIpc) is 3.24. The maximum atomic E-state index is 12.0. The lowest BCUT2D eigenvalue weighted by Crippen LogP contribution is -2.44. The third-order valence-electron chi connectivity index (χ3n) is 6.63. The van der Waals surface area contributed by atoms with Crippen LogP contribution in [0.1, 0.15) is 24.8 Å².